The minimum Gasteiger partial charge on any atom is -0.394 e. The largest absolute Gasteiger partial charge is 0.394 e. The first-order valence-electron chi connectivity index (χ1n) is 31.0. The number of nitrogens with zero attached hydrogens (tertiary/aromatic N) is 6. The summed E-state index contributed by atoms with van der Waals surface area (Å²) in [5.74, 6) is -10.6. The minimum atomic E-state index is -1.44. The average Bonchev–Trinajstić information content (AvgIpc) is 0.943. The Morgan fingerprint density at radius 1 is 0.295 bits per heavy atom. The molecule has 3 aromatic carbocycles. The quantitative estimate of drug-likeness (QED) is 0.0264. The first-order valence-corrected chi connectivity index (χ1v) is 40.7. The molecule has 1 fully saturated rings. The molecule has 6 atom stereocenters. The Bertz CT molecular complexity index is 3230. The lowest BCUT2D eigenvalue weighted by atomic mass is 10.1. The summed E-state index contributed by atoms with van der Waals surface area (Å²) in [5.41, 5.74) is -1.90. The molecule has 36 nitrogen and oxygen atoms in total. The van der Waals surface area contributed by atoms with Crippen LogP contribution in [0.4, 0.5) is 17.1 Å². The fourth-order valence-electron chi connectivity index (χ4n) is 9.60. The first-order chi connectivity index (χ1) is 49.3. The highest BCUT2D eigenvalue weighted by Gasteiger charge is 2.39. The van der Waals surface area contributed by atoms with Gasteiger partial charge in [-0.3, -0.25) is 57.5 Å². The zero-order valence-electron chi connectivity index (χ0n) is 55.7. The Morgan fingerprint density at radius 3 is 0.562 bits per heavy atom. The van der Waals surface area contributed by atoms with Crippen molar-refractivity contribution in [1.29, 1.82) is 0 Å². The van der Waals surface area contributed by atoms with Crippen molar-refractivity contribution >= 4 is 291 Å². The number of aliphatic hydroxyl groups excluding tert-OH is 12. The van der Waals surface area contributed by atoms with Gasteiger partial charge in [0.15, 0.2) is 0 Å². The lowest BCUT2D eigenvalue weighted by Crippen LogP contribution is -2.49. The van der Waals surface area contributed by atoms with Crippen LogP contribution >= 0.6 is 203 Å². The second-order valence-electron chi connectivity index (χ2n) is 22.9. The molecule has 1 aliphatic rings. The number of carbonyl (C=O) groups is 12. The number of anilines is 3. The van der Waals surface area contributed by atoms with E-state index in [1.807, 2.05) is 0 Å². The number of nitrogens with one attached hydrogen (secondary N) is 6. The summed E-state index contributed by atoms with van der Waals surface area (Å²) in [6.45, 7) is -9.39. The number of amides is 12. The number of rotatable bonds is 33. The van der Waals surface area contributed by atoms with Crippen molar-refractivity contribution in [3.05, 3.63) is 65.5 Å². The Balaban J connectivity index is 2.03. The Labute approximate surface area is 723 Å². The molecule has 582 valence electrons. The van der Waals surface area contributed by atoms with Gasteiger partial charge >= 0.3 is 0 Å². The van der Waals surface area contributed by atoms with Gasteiger partial charge < -0.3 is 123 Å². The summed E-state index contributed by atoms with van der Waals surface area (Å²) in [6.07, 6.45) is -8.62. The topological polar surface area (TPSA) is 539 Å². The molecule has 0 aliphatic carbocycles. The molecule has 6 unspecified atom stereocenters. The molecular weight excluding hydrogens is 2410 g/mol. The second-order valence-corrected chi connectivity index (χ2v) is 32.6. The number of carbonyl (C=O) groups excluding carboxylic acids is 12. The zero-order chi connectivity index (χ0) is 79.3. The predicted molar refractivity (Wildman–Crippen MR) is 450 cm³/mol. The van der Waals surface area contributed by atoms with Crippen LogP contribution < -0.4 is 46.6 Å². The third-order valence-corrected chi connectivity index (χ3v) is 24.8. The standard InChI is InChI=1S/C60H75I9N12O24/c1-25(88)79(52-46(64)37(55(100)70-10-28(91)19-82)43(61)38(47(52)65)56(101)71-11-29(92)20-83)16-34(97)76-4-6-77(35(98)17-80(26(2)89)53-48(66)39(57(102)72-12-30(93)21-84)44(62)40(49(53)67)58(103)73-13-31(94)22-85)8-9-78(7-5-76)36(99)18-81(27(3)90)54-50(68)41(59(104)74-14-32(95)23-86)45(63)42(51(54)69)60(105)75-15-33(96)24-87/h28-33,82-87,91-96H,4-24H2,1-3H3,(H,70,100)(H,71,101)(H,72,102)(H,73,103)(H,74,104)(H,75,105). The maximum Gasteiger partial charge on any atom is 0.253 e. The molecule has 1 aliphatic heterocycles. The van der Waals surface area contributed by atoms with Crippen LogP contribution in [0.1, 0.15) is 82.9 Å². The van der Waals surface area contributed by atoms with E-state index < -0.39 is 245 Å². The SMILES string of the molecule is CC(=O)N(CC(=O)N1CCN(C(=O)CN(C(C)=O)c2c(I)c(C(=O)NCC(O)CO)c(I)c(C(=O)NCC(O)CO)c2I)CCN(C(=O)CN(C(C)=O)c2c(I)c(C(=O)NCC(O)CO)c(I)c(C(=O)NCC(O)CO)c2I)CC1)c1c(I)c(C(=O)NCC(O)CO)c(I)c(C(=O)NCC(O)CO)c1I. The third-order valence-electron chi connectivity index (χ3n) is 15.3. The van der Waals surface area contributed by atoms with Gasteiger partial charge in [-0.05, 0) is 203 Å². The van der Waals surface area contributed by atoms with Crippen molar-refractivity contribution in [2.45, 2.75) is 57.4 Å². The van der Waals surface area contributed by atoms with E-state index in [0.29, 0.717) is 0 Å². The molecule has 0 radical (unpaired) electrons. The van der Waals surface area contributed by atoms with Crippen LogP contribution in [-0.2, 0) is 28.8 Å². The van der Waals surface area contributed by atoms with Gasteiger partial charge in [0, 0.05) is 110 Å². The molecule has 105 heavy (non-hydrogen) atoms. The van der Waals surface area contributed by atoms with Crippen molar-refractivity contribution < 1.29 is 119 Å². The predicted octanol–water partition coefficient (Wildman–Crippen LogP) is -3.42. The summed E-state index contributed by atoms with van der Waals surface area (Å²) >= 11 is 15.5. The van der Waals surface area contributed by atoms with E-state index >= 15 is 14.4 Å². The summed E-state index contributed by atoms with van der Waals surface area (Å²) < 4.78 is -0.0520. The van der Waals surface area contributed by atoms with E-state index in [4.69, 9.17) is 0 Å². The van der Waals surface area contributed by atoms with Crippen LogP contribution in [0, 0.1) is 32.1 Å². The van der Waals surface area contributed by atoms with Gasteiger partial charge in [0.1, 0.15) is 19.6 Å². The Kier molecular flexibility index (Phi) is 40.8. The third kappa shape index (κ3) is 25.4. The zero-order valence-corrected chi connectivity index (χ0v) is 75.1. The smallest absolute Gasteiger partial charge is 0.253 e. The Morgan fingerprint density at radius 2 is 0.438 bits per heavy atom. The number of hydrogen-bond donors (Lipinski definition) is 18. The second kappa shape index (κ2) is 45.2. The number of hydrogen-bond acceptors (Lipinski definition) is 24. The number of aliphatic hydroxyl groups is 12. The van der Waals surface area contributed by atoms with E-state index in [1.54, 1.807) is 203 Å². The van der Waals surface area contributed by atoms with Crippen LogP contribution in [0.25, 0.3) is 0 Å². The molecule has 12 amide bonds. The van der Waals surface area contributed by atoms with Crippen LogP contribution in [0.15, 0.2) is 0 Å². The average molecular weight is 2490 g/mol. The lowest BCUT2D eigenvalue weighted by molar-refractivity contribution is -0.134. The lowest BCUT2D eigenvalue weighted by Gasteiger charge is -2.31. The van der Waals surface area contributed by atoms with E-state index in [2.05, 4.69) is 31.9 Å². The van der Waals surface area contributed by atoms with E-state index in [9.17, 15) is 104 Å². The molecular formula is C60H75I9N12O24. The molecule has 3 aromatic rings. The molecule has 18 N–H and O–H groups in total. The highest BCUT2D eigenvalue weighted by atomic mass is 127. The van der Waals surface area contributed by atoms with Crippen LogP contribution in [0.2, 0.25) is 0 Å². The first kappa shape index (κ1) is 94.8. The number of benzene rings is 3. The van der Waals surface area contributed by atoms with Crippen molar-refractivity contribution in [3.8, 4) is 0 Å². The van der Waals surface area contributed by atoms with E-state index in [-0.39, 0.29) is 82.6 Å². The maximum absolute atomic E-state index is 15.3. The summed E-state index contributed by atoms with van der Waals surface area (Å²) in [6, 6.07) is 0. The number of halogens is 9. The molecule has 45 heteroatoms. The van der Waals surface area contributed by atoms with Gasteiger partial charge in [-0.2, -0.15) is 0 Å². The molecule has 0 aromatic heterocycles. The minimum absolute atomic E-state index is 0.00488. The van der Waals surface area contributed by atoms with Crippen molar-refractivity contribution in [1.82, 2.24) is 46.6 Å². The highest BCUT2D eigenvalue weighted by molar-refractivity contribution is 14.1. The van der Waals surface area contributed by atoms with Crippen LogP contribution in [0.3, 0.4) is 0 Å². The van der Waals surface area contributed by atoms with Gasteiger partial charge in [-0.1, -0.05) is 0 Å². The molecule has 0 bridgehead atoms. The highest BCUT2D eigenvalue weighted by Crippen LogP contribution is 2.42. The van der Waals surface area contributed by atoms with E-state index in [1.165, 1.54) is 0 Å². The van der Waals surface area contributed by atoms with Gasteiger partial charge in [-0.15, -0.1) is 0 Å². The van der Waals surface area contributed by atoms with Crippen molar-refractivity contribution in [2.75, 3.05) is 153 Å². The molecule has 0 saturated carbocycles. The van der Waals surface area contributed by atoms with Crippen molar-refractivity contribution in [2.24, 2.45) is 0 Å². The normalized spacial score (nSPS) is 14.2. The van der Waals surface area contributed by atoms with Crippen LogP contribution in [0.5, 0.6) is 0 Å². The fraction of sp³-hybridized carbons (Fsp3) is 0.500. The Hall–Kier alpha value is -2.61. The summed E-state index contributed by atoms with van der Waals surface area (Å²) in [4.78, 5) is 180. The molecule has 4 rings (SSSR count). The van der Waals surface area contributed by atoms with Crippen molar-refractivity contribution in [3.63, 3.8) is 0 Å². The monoisotopic (exact) mass is 2490 g/mol. The van der Waals surface area contributed by atoms with Crippen LogP contribution in [-0.4, -0.2) is 321 Å². The fourth-order valence-corrected chi connectivity index (χ4v) is 23.8. The van der Waals surface area contributed by atoms with Gasteiger partial charge in [0.05, 0.1) is 148 Å². The van der Waals surface area contributed by atoms with Gasteiger partial charge in [-0.25, -0.2) is 0 Å². The van der Waals surface area contributed by atoms with Gasteiger partial charge in [0.2, 0.25) is 35.4 Å². The van der Waals surface area contributed by atoms with Gasteiger partial charge in [0.25, 0.3) is 35.4 Å². The molecule has 1 heterocycles. The molecule has 0 spiro atoms. The van der Waals surface area contributed by atoms with E-state index in [0.717, 1.165) is 50.2 Å². The maximum atomic E-state index is 15.3. The molecule has 1 saturated heterocycles. The summed E-state index contributed by atoms with van der Waals surface area (Å²) in [7, 11) is 0. The summed E-state index contributed by atoms with van der Waals surface area (Å²) in [5, 5.41) is 133.